The minimum absolute atomic E-state index is 0.115. The van der Waals surface area contributed by atoms with Crippen molar-refractivity contribution in [1.29, 1.82) is 0 Å². The number of benzene rings is 1. The first-order valence-electron chi connectivity index (χ1n) is 7.86. The van der Waals surface area contributed by atoms with E-state index in [4.69, 9.17) is 9.15 Å². The van der Waals surface area contributed by atoms with Crippen LogP contribution in [0.5, 0.6) is 0 Å². The molecular formula is C19H13NO7. The number of para-hydroxylation sites is 1. The molecule has 136 valence electrons. The maximum absolute atomic E-state index is 12.2. The smallest absolute Gasteiger partial charge is 0.329 e. The van der Waals surface area contributed by atoms with E-state index < -0.39 is 28.4 Å². The Bertz CT molecular complexity index is 1010. The molecule has 27 heavy (non-hydrogen) atoms. The monoisotopic (exact) mass is 367 g/mol. The lowest BCUT2D eigenvalue weighted by molar-refractivity contribution is -0.384. The Labute approximate surface area is 152 Å². The van der Waals surface area contributed by atoms with Crippen molar-refractivity contribution in [3.05, 3.63) is 70.2 Å². The predicted molar refractivity (Wildman–Crippen MR) is 93.2 cm³/mol. The zero-order valence-electron chi connectivity index (χ0n) is 14.1. The number of allylic oxidation sites excluding steroid dienone is 3. The minimum atomic E-state index is -1.53. The number of esters is 1. The van der Waals surface area contributed by atoms with E-state index in [1.807, 2.05) is 0 Å². The number of carbonyl (C=O) groups is 3. The molecule has 1 aliphatic heterocycles. The summed E-state index contributed by atoms with van der Waals surface area (Å²) in [6.07, 6.45) is 3.42. The van der Waals surface area contributed by atoms with Gasteiger partial charge in [-0.25, -0.2) is 0 Å². The van der Waals surface area contributed by atoms with Crippen molar-refractivity contribution in [2.75, 3.05) is 0 Å². The van der Waals surface area contributed by atoms with Crippen LogP contribution in [-0.2, 0) is 19.1 Å². The van der Waals surface area contributed by atoms with Crippen molar-refractivity contribution >= 4 is 29.3 Å². The molecule has 1 atom stereocenters. The molecule has 0 saturated carbocycles. The van der Waals surface area contributed by atoms with Crippen molar-refractivity contribution in [2.45, 2.75) is 6.92 Å². The van der Waals surface area contributed by atoms with Crippen LogP contribution >= 0.6 is 0 Å². The zero-order valence-corrected chi connectivity index (χ0v) is 14.1. The first kappa shape index (κ1) is 18.0. The van der Waals surface area contributed by atoms with Crippen LogP contribution in [-0.4, -0.2) is 22.5 Å². The first-order valence-corrected chi connectivity index (χ1v) is 7.86. The van der Waals surface area contributed by atoms with Gasteiger partial charge in [0.1, 0.15) is 17.3 Å². The number of hydrogen-bond acceptors (Lipinski definition) is 7. The summed E-state index contributed by atoms with van der Waals surface area (Å²) < 4.78 is 10.3. The SMILES string of the molecule is CC1=CC(=O)C(C(=O)/C=C/c2ccc(-c3ccccc3[N+](=O)[O-])o2)C(=O)O1. The Kier molecular flexibility index (Phi) is 4.80. The summed E-state index contributed by atoms with van der Waals surface area (Å²) in [4.78, 5) is 46.3. The summed E-state index contributed by atoms with van der Waals surface area (Å²) in [5.74, 6) is -3.21. The number of cyclic esters (lactones) is 1. The maximum Gasteiger partial charge on any atom is 0.329 e. The van der Waals surface area contributed by atoms with Crippen LogP contribution in [0, 0.1) is 16.0 Å². The molecular weight excluding hydrogens is 354 g/mol. The lowest BCUT2D eigenvalue weighted by Gasteiger charge is -2.15. The zero-order chi connectivity index (χ0) is 19.6. The van der Waals surface area contributed by atoms with Crippen molar-refractivity contribution in [3.8, 4) is 11.3 Å². The normalized spacial score (nSPS) is 16.9. The third-order valence-electron chi connectivity index (χ3n) is 3.82. The molecule has 1 aromatic carbocycles. The van der Waals surface area contributed by atoms with Gasteiger partial charge in [0.2, 0.25) is 0 Å². The van der Waals surface area contributed by atoms with Crippen LogP contribution in [0.1, 0.15) is 12.7 Å². The van der Waals surface area contributed by atoms with E-state index in [0.29, 0.717) is 5.56 Å². The maximum atomic E-state index is 12.2. The van der Waals surface area contributed by atoms with Crippen molar-refractivity contribution < 1.29 is 28.5 Å². The molecule has 0 fully saturated rings. The Morgan fingerprint density at radius 2 is 1.93 bits per heavy atom. The molecule has 3 rings (SSSR count). The number of nitro groups is 1. The van der Waals surface area contributed by atoms with E-state index in [-0.39, 0.29) is 23.0 Å². The van der Waals surface area contributed by atoms with Gasteiger partial charge in [-0.2, -0.15) is 0 Å². The average Bonchev–Trinajstić information content (AvgIpc) is 3.08. The van der Waals surface area contributed by atoms with E-state index in [2.05, 4.69) is 0 Å². The Morgan fingerprint density at radius 3 is 2.63 bits per heavy atom. The number of nitro benzene ring substituents is 1. The highest BCUT2D eigenvalue weighted by atomic mass is 16.6. The average molecular weight is 367 g/mol. The van der Waals surface area contributed by atoms with Gasteiger partial charge in [-0.05, 0) is 37.3 Å². The van der Waals surface area contributed by atoms with Gasteiger partial charge >= 0.3 is 5.97 Å². The Balaban J connectivity index is 1.80. The number of ether oxygens (including phenoxy) is 1. The Hall–Kier alpha value is -3.81. The van der Waals surface area contributed by atoms with Gasteiger partial charge in [-0.15, -0.1) is 0 Å². The molecule has 0 amide bonds. The summed E-state index contributed by atoms with van der Waals surface area (Å²) in [7, 11) is 0. The second kappa shape index (κ2) is 7.20. The molecule has 0 aliphatic carbocycles. The molecule has 1 aromatic heterocycles. The molecule has 8 heteroatoms. The molecule has 2 aromatic rings. The van der Waals surface area contributed by atoms with Gasteiger partial charge in [0.05, 0.1) is 10.5 Å². The summed E-state index contributed by atoms with van der Waals surface area (Å²) >= 11 is 0. The highest BCUT2D eigenvalue weighted by Gasteiger charge is 2.36. The molecule has 0 N–H and O–H groups in total. The fourth-order valence-corrected chi connectivity index (χ4v) is 2.59. The van der Waals surface area contributed by atoms with E-state index in [0.717, 1.165) is 12.2 Å². The van der Waals surface area contributed by atoms with Gasteiger partial charge in [-0.1, -0.05) is 12.1 Å². The molecule has 0 radical (unpaired) electrons. The minimum Gasteiger partial charge on any atom is -0.456 e. The standard InChI is InChI=1S/C19H13NO7/c1-11-10-16(22)18(19(23)26-11)15(21)8-6-12-7-9-17(27-12)13-4-2-3-5-14(13)20(24)25/h2-10,18H,1H3/b8-6+. The highest BCUT2D eigenvalue weighted by molar-refractivity contribution is 6.25. The van der Waals surface area contributed by atoms with Crippen LogP contribution in [0.2, 0.25) is 0 Å². The summed E-state index contributed by atoms with van der Waals surface area (Å²) in [5, 5.41) is 11.1. The van der Waals surface area contributed by atoms with Crippen molar-refractivity contribution in [1.82, 2.24) is 0 Å². The predicted octanol–water partition coefficient (Wildman–Crippen LogP) is 3.08. The number of carbonyl (C=O) groups excluding carboxylic acids is 3. The third-order valence-corrected chi connectivity index (χ3v) is 3.82. The van der Waals surface area contributed by atoms with Gasteiger partial charge in [-0.3, -0.25) is 24.5 Å². The Morgan fingerprint density at radius 1 is 1.19 bits per heavy atom. The first-order chi connectivity index (χ1) is 12.9. The van der Waals surface area contributed by atoms with Crippen LogP contribution in [0.4, 0.5) is 5.69 Å². The largest absolute Gasteiger partial charge is 0.456 e. The van der Waals surface area contributed by atoms with Gasteiger partial charge < -0.3 is 9.15 Å². The van der Waals surface area contributed by atoms with E-state index in [1.165, 1.54) is 31.2 Å². The fraction of sp³-hybridized carbons (Fsp3) is 0.105. The second-order valence-electron chi connectivity index (χ2n) is 5.72. The number of ketones is 2. The molecule has 0 saturated heterocycles. The molecule has 0 bridgehead atoms. The van der Waals surface area contributed by atoms with E-state index in [9.17, 15) is 24.5 Å². The second-order valence-corrected chi connectivity index (χ2v) is 5.72. The fourth-order valence-electron chi connectivity index (χ4n) is 2.59. The van der Waals surface area contributed by atoms with Gasteiger partial charge in [0, 0.05) is 12.1 Å². The van der Waals surface area contributed by atoms with Crippen molar-refractivity contribution in [3.63, 3.8) is 0 Å². The lowest BCUT2D eigenvalue weighted by atomic mass is 9.96. The number of nitrogens with zero attached hydrogens (tertiary/aromatic N) is 1. The molecule has 1 aliphatic rings. The van der Waals surface area contributed by atoms with Crippen LogP contribution in [0.15, 0.2) is 58.7 Å². The molecule has 0 spiro atoms. The van der Waals surface area contributed by atoms with Crippen LogP contribution < -0.4 is 0 Å². The summed E-state index contributed by atoms with van der Waals surface area (Å²) in [6, 6.07) is 9.12. The molecule has 8 nitrogen and oxygen atoms in total. The quantitative estimate of drug-likeness (QED) is 0.262. The van der Waals surface area contributed by atoms with Crippen LogP contribution in [0.3, 0.4) is 0 Å². The summed E-state index contributed by atoms with van der Waals surface area (Å²) in [6.45, 7) is 1.44. The highest BCUT2D eigenvalue weighted by Crippen LogP contribution is 2.31. The van der Waals surface area contributed by atoms with Crippen molar-refractivity contribution in [2.24, 2.45) is 5.92 Å². The van der Waals surface area contributed by atoms with Gasteiger partial charge in [0.25, 0.3) is 5.69 Å². The summed E-state index contributed by atoms with van der Waals surface area (Å²) in [5.41, 5.74) is 0.177. The van der Waals surface area contributed by atoms with Crippen LogP contribution in [0.25, 0.3) is 17.4 Å². The topological polar surface area (TPSA) is 117 Å². The molecule has 1 unspecified atom stereocenters. The van der Waals surface area contributed by atoms with Gasteiger partial charge in [0.15, 0.2) is 17.5 Å². The number of furan rings is 1. The number of hydrogen-bond donors (Lipinski definition) is 0. The van der Waals surface area contributed by atoms with E-state index in [1.54, 1.807) is 18.2 Å². The van der Waals surface area contributed by atoms with E-state index >= 15 is 0 Å². The number of rotatable bonds is 5. The lowest BCUT2D eigenvalue weighted by Crippen LogP contribution is -2.34. The molecule has 2 heterocycles. The third kappa shape index (κ3) is 3.74.